The van der Waals surface area contributed by atoms with E-state index in [9.17, 15) is 9.59 Å². The van der Waals surface area contributed by atoms with E-state index < -0.39 is 0 Å². The summed E-state index contributed by atoms with van der Waals surface area (Å²) in [6.07, 6.45) is 1.37. The van der Waals surface area contributed by atoms with Crippen LogP contribution in [0, 0.1) is 11.8 Å². The fourth-order valence-electron chi connectivity index (χ4n) is 2.71. The molecular weight excluding hydrogens is 378 g/mol. The molecule has 1 aliphatic heterocycles. The number of carbonyl (C=O) groups is 2. The SMILES string of the molecule is CC#Cc1cnc(/C(CN2C(=O)c3ccccc3C2=O)=N\OC(C)C)c(Cl)c1. The van der Waals surface area contributed by atoms with Crippen molar-refractivity contribution < 1.29 is 14.4 Å². The summed E-state index contributed by atoms with van der Waals surface area (Å²) in [5.41, 5.74) is 2.00. The molecule has 3 rings (SSSR count). The highest BCUT2D eigenvalue weighted by atomic mass is 35.5. The molecule has 6 nitrogen and oxygen atoms in total. The third-order valence-corrected chi connectivity index (χ3v) is 4.23. The molecule has 0 radical (unpaired) electrons. The molecule has 1 aromatic carbocycles. The van der Waals surface area contributed by atoms with Gasteiger partial charge in [-0.1, -0.05) is 34.8 Å². The van der Waals surface area contributed by atoms with E-state index in [4.69, 9.17) is 16.4 Å². The van der Waals surface area contributed by atoms with Gasteiger partial charge < -0.3 is 4.84 Å². The van der Waals surface area contributed by atoms with Gasteiger partial charge >= 0.3 is 0 Å². The molecule has 0 saturated carbocycles. The summed E-state index contributed by atoms with van der Waals surface area (Å²) in [6.45, 7) is 5.24. The van der Waals surface area contributed by atoms with Gasteiger partial charge in [0.25, 0.3) is 11.8 Å². The van der Waals surface area contributed by atoms with Crippen molar-refractivity contribution in [2.24, 2.45) is 5.16 Å². The number of pyridine rings is 1. The van der Waals surface area contributed by atoms with Crippen molar-refractivity contribution in [3.63, 3.8) is 0 Å². The van der Waals surface area contributed by atoms with Crippen LogP contribution in [0.1, 0.15) is 52.7 Å². The molecule has 0 atom stereocenters. The van der Waals surface area contributed by atoms with E-state index in [-0.39, 0.29) is 30.2 Å². The van der Waals surface area contributed by atoms with Crippen molar-refractivity contribution in [3.05, 3.63) is 63.9 Å². The summed E-state index contributed by atoms with van der Waals surface area (Å²) in [5, 5.41) is 4.42. The van der Waals surface area contributed by atoms with Crippen LogP contribution in [0.2, 0.25) is 5.02 Å². The Morgan fingerprint density at radius 1 is 1.25 bits per heavy atom. The van der Waals surface area contributed by atoms with Crippen LogP contribution in [0.3, 0.4) is 0 Å². The predicted molar refractivity (Wildman–Crippen MR) is 106 cm³/mol. The maximum Gasteiger partial charge on any atom is 0.261 e. The zero-order valence-electron chi connectivity index (χ0n) is 15.7. The Morgan fingerprint density at radius 2 is 1.89 bits per heavy atom. The molecule has 0 bridgehead atoms. The second kappa shape index (κ2) is 8.24. The first-order chi connectivity index (χ1) is 13.4. The monoisotopic (exact) mass is 395 g/mol. The first-order valence-electron chi connectivity index (χ1n) is 8.69. The largest absolute Gasteiger partial charge is 0.393 e. The smallest absolute Gasteiger partial charge is 0.261 e. The Hall–Kier alpha value is -3.17. The molecule has 0 fully saturated rings. The first-order valence-corrected chi connectivity index (χ1v) is 9.06. The Labute approximate surface area is 168 Å². The minimum absolute atomic E-state index is 0.107. The molecule has 0 unspecified atom stereocenters. The number of aromatic nitrogens is 1. The standard InChI is InChI=1S/C21H18ClN3O3/c1-4-7-14-10-17(22)19(23-11-14)18(24-28-13(2)3)12-25-20(26)15-8-5-6-9-16(15)21(25)27/h5-6,8-11,13H,12H2,1-3H3/b24-18-. The number of hydrogen-bond acceptors (Lipinski definition) is 5. The minimum atomic E-state index is -0.387. The van der Waals surface area contributed by atoms with Crippen molar-refractivity contribution in [3.8, 4) is 11.8 Å². The van der Waals surface area contributed by atoms with Gasteiger partial charge in [0.1, 0.15) is 17.5 Å². The van der Waals surface area contributed by atoms with E-state index in [1.54, 1.807) is 43.5 Å². The summed E-state index contributed by atoms with van der Waals surface area (Å²) in [5.74, 6) is 4.88. The number of nitrogens with zero attached hydrogens (tertiary/aromatic N) is 3. The first kappa shape index (κ1) is 19.6. The molecular formula is C21H18ClN3O3. The topological polar surface area (TPSA) is 71.9 Å². The molecule has 0 saturated heterocycles. The van der Waals surface area contributed by atoms with Crippen molar-refractivity contribution in [2.75, 3.05) is 6.54 Å². The Balaban J connectivity index is 1.96. The van der Waals surface area contributed by atoms with Crippen LogP contribution in [0.25, 0.3) is 0 Å². The van der Waals surface area contributed by atoms with Gasteiger partial charge in [-0.15, -0.1) is 5.92 Å². The number of benzene rings is 1. The van der Waals surface area contributed by atoms with E-state index in [2.05, 4.69) is 22.0 Å². The second-order valence-corrected chi connectivity index (χ2v) is 6.77. The third-order valence-electron chi connectivity index (χ3n) is 3.94. The van der Waals surface area contributed by atoms with Crippen molar-refractivity contribution >= 4 is 29.1 Å². The van der Waals surface area contributed by atoms with Crippen LogP contribution >= 0.6 is 11.6 Å². The molecule has 28 heavy (non-hydrogen) atoms. The average molecular weight is 396 g/mol. The molecule has 2 amide bonds. The van der Waals surface area contributed by atoms with Gasteiger partial charge in [-0.25, -0.2) is 0 Å². The van der Waals surface area contributed by atoms with Crippen LogP contribution in [-0.2, 0) is 4.84 Å². The Morgan fingerprint density at radius 3 is 2.43 bits per heavy atom. The highest BCUT2D eigenvalue weighted by Gasteiger charge is 2.36. The summed E-state index contributed by atoms with van der Waals surface area (Å²) in [7, 11) is 0. The van der Waals surface area contributed by atoms with E-state index in [1.165, 1.54) is 0 Å². The van der Waals surface area contributed by atoms with Gasteiger partial charge in [-0.2, -0.15) is 0 Å². The van der Waals surface area contributed by atoms with Crippen molar-refractivity contribution in [1.82, 2.24) is 9.88 Å². The fourth-order valence-corrected chi connectivity index (χ4v) is 2.99. The number of imide groups is 1. The maximum absolute atomic E-state index is 12.7. The Bertz CT molecular complexity index is 1000. The molecule has 7 heteroatoms. The van der Waals surface area contributed by atoms with Crippen LogP contribution in [0.4, 0.5) is 0 Å². The molecule has 2 heterocycles. The lowest BCUT2D eigenvalue weighted by Gasteiger charge is -2.16. The third kappa shape index (κ3) is 3.90. The van der Waals surface area contributed by atoms with Gasteiger partial charge in [0, 0.05) is 11.8 Å². The van der Waals surface area contributed by atoms with E-state index in [0.29, 0.717) is 27.4 Å². The number of carbonyl (C=O) groups excluding carboxylic acids is 2. The number of halogens is 1. The predicted octanol–water partition coefficient (Wildman–Crippen LogP) is 3.53. The zero-order valence-corrected chi connectivity index (χ0v) is 16.4. The van der Waals surface area contributed by atoms with Gasteiger partial charge in [0.05, 0.1) is 22.7 Å². The molecule has 0 aliphatic carbocycles. The number of oxime groups is 1. The van der Waals surface area contributed by atoms with E-state index >= 15 is 0 Å². The number of hydrogen-bond donors (Lipinski definition) is 0. The highest BCUT2D eigenvalue weighted by Crippen LogP contribution is 2.24. The summed E-state index contributed by atoms with van der Waals surface area (Å²) < 4.78 is 0. The lowest BCUT2D eigenvalue weighted by Crippen LogP contribution is -2.35. The average Bonchev–Trinajstić information content (AvgIpc) is 2.90. The van der Waals surface area contributed by atoms with E-state index in [0.717, 1.165) is 4.90 Å². The minimum Gasteiger partial charge on any atom is -0.393 e. The fraction of sp³-hybridized carbons (Fsp3) is 0.238. The highest BCUT2D eigenvalue weighted by molar-refractivity contribution is 6.34. The van der Waals surface area contributed by atoms with Gasteiger partial charge in [0.2, 0.25) is 0 Å². The lowest BCUT2D eigenvalue weighted by molar-refractivity contribution is 0.0668. The lowest BCUT2D eigenvalue weighted by atomic mass is 10.1. The Kier molecular flexibility index (Phi) is 5.76. The number of amides is 2. The molecule has 0 N–H and O–H groups in total. The van der Waals surface area contributed by atoms with Crippen LogP contribution in [-0.4, -0.2) is 40.1 Å². The zero-order chi connectivity index (χ0) is 20.3. The number of fused-ring (bicyclic) bond motifs is 1. The summed E-state index contributed by atoms with van der Waals surface area (Å²) in [6, 6.07) is 8.35. The van der Waals surface area contributed by atoms with Gasteiger partial charge in [-0.3, -0.25) is 19.5 Å². The van der Waals surface area contributed by atoms with Gasteiger partial charge in [-0.05, 0) is 39.0 Å². The summed E-state index contributed by atoms with van der Waals surface area (Å²) >= 11 is 6.37. The van der Waals surface area contributed by atoms with Crippen molar-refractivity contribution in [2.45, 2.75) is 26.9 Å². The second-order valence-electron chi connectivity index (χ2n) is 6.36. The molecule has 2 aromatic rings. The molecule has 142 valence electrons. The van der Waals surface area contributed by atoms with Crippen LogP contribution in [0.5, 0.6) is 0 Å². The van der Waals surface area contributed by atoms with Crippen LogP contribution < -0.4 is 0 Å². The molecule has 0 spiro atoms. The molecule has 1 aliphatic rings. The number of rotatable bonds is 5. The molecule has 1 aromatic heterocycles. The maximum atomic E-state index is 12.7. The van der Waals surface area contributed by atoms with E-state index in [1.807, 2.05) is 13.8 Å². The summed E-state index contributed by atoms with van der Waals surface area (Å²) in [4.78, 5) is 36.1. The quantitative estimate of drug-likeness (QED) is 0.336. The van der Waals surface area contributed by atoms with Gasteiger partial charge in [0.15, 0.2) is 0 Å². The van der Waals surface area contributed by atoms with Crippen LogP contribution in [0.15, 0.2) is 41.7 Å². The van der Waals surface area contributed by atoms with Crippen molar-refractivity contribution in [1.29, 1.82) is 0 Å². The normalized spacial score (nSPS) is 13.5.